The van der Waals surface area contributed by atoms with E-state index in [1.165, 1.54) is 9.75 Å². The molecule has 0 radical (unpaired) electrons. The molecular formula is C76H70Br2Cl3N7O7S2. The van der Waals surface area contributed by atoms with Gasteiger partial charge in [-0.05, 0) is 185 Å². The van der Waals surface area contributed by atoms with Crippen LogP contribution in [-0.2, 0) is 56.7 Å². The maximum absolute atomic E-state index is 5.98. The van der Waals surface area contributed by atoms with Crippen LogP contribution < -0.4 is 0 Å². The summed E-state index contributed by atoms with van der Waals surface area (Å²) in [5, 5.41) is 15.9. The van der Waals surface area contributed by atoms with Gasteiger partial charge < -0.3 is 32.5 Å². The van der Waals surface area contributed by atoms with Crippen LogP contribution in [0, 0.1) is 27.7 Å². The number of aryl methyl sites for hydroxylation is 4. The van der Waals surface area contributed by atoms with E-state index in [9.17, 15) is 0 Å². The molecule has 0 fully saturated rings. The van der Waals surface area contributed by atoms with Crippen molar-refractivity contribution in [1.29, 1.82) is 0 Å². The lowest BCUT2D eigenvalue weighted by molar-refractivity contribution is 0.184. The molecule has 0 aliphatic carbocycles. The molecule has 0 N–H and O–H groups in total. The molecule has 5 heterocycles. The molecule has 0 unspecified atom stereocenters. The standard InChI is InChI=1S/C18H16ClNO2.C18H16ClNOS.C16H14ClN3O.C12H12BrNO2.C12H12BrNOS/c2*1-12-10-20-18(22-12)14-5-8-17(15(9-14)11-21-2)13-3-6-16(19)7-4-13;1-21-10-13-8-12(16-9-18-20-19-16)4-7-15(13)11-2-5-14(17)6-3-11;2*1-8-6-14-12(16-8)9-3-4-11(13)10(5-9)7-15-2/h2*3-10H,11H2,1-2H3;2-8H,9-10H2,1H3;2*3-6H,7H2,1-2H3. The summed E-state index contributed by atoms with van der Waals surface area (Å²) in [6, 6.07) is 54.4. The summed E-state index contributed by atoms with van der Waals surface area (Å²) in [5.41, 5.74) is 18.4. The van der Waals surface area contributed by atoms with E-state index in [1.54, 1.807) is 70.6 Å². The van der Waals surface area contributed by atoms with Gasteiger partial charge in [-0.3, -0.25) is 0 Å². The van der Waals surface area contributed by atoms with Gasteiger partial charge in [-0.1, -0.05) is 139 Å². The van der Waals surface area contributed by atoms with Gasteiger partial charge in [0, 0.05) is 110 Å². The Kier molecular flexibility index (Phi) is 27.9. The number of hydrogen-bond donors (Lipinski definition) is 0. The number of ether oxygens (including phenoxy) is 5. The lowest BCUT2D eigenvalue weighted by Gasteiger charge is -2.11. The third-order valence-corrected chi connectivity index (χ3v) is 18.9. The number of halogens is 5. The lowest BCUT2D eigenvalue weighted by atomic mass is 9.96. The average Bonchev–Trinajstić information content (AvgIpc) is 1.13. The molecule has 0 saturated heterocycles. The maximum Gasteiger partial charge on any atom is 0.226 e. The normalized spacial score (nSPS) is 11.4. The van der Waals surface area contributed by atoms with E-state index in [1.807, 2.05) is 135 Å². The summed E-state index contributed by atoms with van der Waals surface area (Å²) in [5.74, 6) is 2.87. The third kappa shape index (κ3) is 20.9. The maximum atomic E-state index is 5.98. The molecule has 1 aliphatic heterocycles. The van der Waals surface area contributed by atoms with Gasteiger partial charge in [-0.15, -0.1) is 27.8 Å². The largest absolute Gasteiger partial charge is 0.441 e. The zero-order valence-electron chi connectivity index (χ0n) is 54.8. The van der Waals surface area contributed by atoms with Crippen LogP contribution in [0.4, 0.5) is 0 Å². The average molecular weight is 1520 g/mol. The molecule has 0 amide bonds. The quantitative estimate of drug-likeness (QED) is 0.0804. The molecule has 0 spiro atoms. The van der Waals surface area contributed by atoms with Crippen molar-refractivity contribution in [3.05, 3.63) is 267 Å². The van der Waals surface area contributed by atoms with Gasteiger partial charge in [-0.25, -0.2) is 19.9 Å². The van der Waals surface area contributed by atoms with Crippen LogP contribution in [0.3, 0.4) is 0 Å². The number of hydrogen-bond acceptors (Lipinski definition) is 16. The predicted octanol–water partition coefficient (Wildman–Crippen LogP) is 22.6. The van der Waals surface area contributed by atoms with Crippen molar-refractivity contribution in [2.24, 2.45) is 15.4 Å². The Morgan fingerprint density at radius 1 is 0.381 bits per heavy atom. The predicted molar refractivity (Wildman–Crippen MR) is 401 cm³/mol. The molecule has 1 aliphatic rings. The van der Waals surface area contributed by atoms with Crippen LogP contribution in [0.2, 0.25) is 15.1 Å². The van der Waals surface area contributed by atoms with Crippen LogP contribution in [0.15, 0.2) is 222 Å². The van der Waals surface area contributed by atoms with Crippen LogP contribution in [-0.4, -0.2) is 67.7 Å². The Balaban J connectivity index is 0.000000143. The van der Waals surface area contributed by atoms with Gasteiger partial charge in [0.2, 0.25) is 11.8 Å². The minimum atomic E-state index is 0.519. The van der Waals surface area contributed by atoms with Crippen molar-refractivity contribution < 1.29 is 32.5 Å². The van der Waals surface area contributed by atoms with Gasteiger partial charge >= 0.3 is 0 Å². The van der Waals surface area contributed by atoms with Crippen LogP contribution in [0.1, 0.15) is 54.7 Å². The summed E-state index contributed by atoms with van der Waals surface area (Å²) in [4.78, 5) is 19.8. The molecular weight excluding hydrogens is 1450 g/mol. The number of rotatable bonds is 18. The summed E-state index contributed by atoms with van der Waals surface area (Å²) in [7, 11) is 8.47. The minimum absolute atomic E-state index is 0.519. The van der Waals surface area contributed by atoms with Crippen LogP contribution in [0.25, 0.3) is 77.4 Å². The Morgan fingerprint density at radius 3 is 1.05 bits per heavy atom. The molecule has 13 rings (SSSR count). The van der Waals surface area contributed by atoms with E-state index in [2.05, 4.69) is 136 Å². The molecule has 12 aromatic rings. The summed E-state index contributed by atoms with van der Waals surface area (Å²) < 4.78 is 39.5. The lowest BCUT2D eigenvalue weighted by Crippen LogP contribution is -2.03. The summed E-state index contributed by atoms with van der Waals surface area (Å²) >= 11 is 28.3. The molecule has 14 nitrogen and oxygen atoms in total. The van der Waals surface area contributed by atoms with E-state index in [-0.39, 0.29) is 0 Å². The van der Waals surface area contributed by atoms with Gasteiger partial charge in [0.05, 0.1) is 51.1 Å². The fourth-order valence-electron chi connectivity index (χ4n) is 10.1. The van der Waals surface area contributed by atoms with E-state index in [0.29, 0.717) is 51.4 Å². The SMILES string of the molecule is COCc1cc(-c2ncc(C)o2)ccc1-c1ccc(Cl)cc1.COCc1cc(-c2ncc(C)o2)ccc1Br.COCc1cc(-c2ncc(C)s2)ccc1-c1ccc(Cl)cc1.COCc1cc(-c2ncc(C)s2)ccc1Br.COCc1cc(C2=NN=NC2)ccc1-c1ccc(Cl)cc1. The van der Waals surface area contributed by atoms with Crippen LogP contribution >= 0.6 is 89.3 Å². The van der Waals surface area contributed by atoms with Crippen molar-refractivity contribution >= 4 is 95.0 Å². The van der Waals surface area contributed by atoms with Gasteiger partial charge in [0.1, 0.15) is 28.1 Å². The molecule has 97 heavy (non-hydrogen) atoms. The first-order valence-electron chi connectivity index (χ1n) is 30.4. The van der Waals surface area contributed by atoms with E-state index < -0.39 is 0 Å². The molecule has 4 aromatic heterocycles. The second-order valence-electron chi connectivity index (χ2n) is 22.0. The van der Waals surface area contributed by atoms with Crippen LogP contribution in [0.5, 0.6) is 0 Å². The number of thiazole rings is 2. The highest BCUT2D eigenvalue weighted by molar-refractivity contribution is 9.10. The van der Waals surface area contributed by atoms with Crippen molar-refractivity contribution in [3.63, 3.8) is 0 Å². The fraction of sp³-hybridized carbons (Fsp3) is 0.197. The van der Waals surface area contributed by atoms with Gasteiger partial charge in [0.15, 0.2) is 0 Å². The molecule has 0 atom stereocenters. The Bertz CT molecular complexity index is 4370. The first-order chi connectivity index (χ1) is 47.0. The number of benzene rings is 8. The molecule has 0 saturated carbocycles. The van der Waals surface area contributed by atoms with Gasteiger partial charge in [-0.2, -0.15) is 5.11 Å². The highest BCUT2D eigenvalue weighted by Gasteiger charge is 2.16. The molecule has 21 heteroatoms. The number of aromatic nitrogens is 4. The molecule has 498 valence electrons. The third-order valence-electron chi connectivity index (χ3n) is 14.6. The Morgan fingerprint density at radius 2 is 0.701 bits per heavy atom. The molecule has 0 bridgehead atoms. The Hall–Kier alpha value is -7.66. The number of oxazole rings is 2. The molecule has 8 aromatic carbocycles. The minimum Gasteiger partial charge on any atom is -0.441 e. The van der Waals surface area contributed by atoms with Crippen molar-refractivity contribution in [3.8, 4) is 77.4 Å². The highest BCUT2D eigenvalue weighted by atomic mass is 79.9. The van der Waals surface area contributed by atoms with Crippen molar-refractivity contribution in [2.45, 2.75) is 60.7 Å². The fourth-order valence-corrected chi connectivity index (χ4v) is 12.7. The first-order valence-corrected chi connectivity index (χ1v) is 34.7. The van der Waals surface area contributed by atoms with Crippen molar-refractivity contribution in [2.75, 3.05) is 42.1 Å². The Labute approximate surface area is 605 Å². The zero-order valence-corrected chi connectivity index (χ0v) is 61.9. The topological polar surface area (TPSA) is 161 Å². The summed E-state index contributed by atoms with van der Waals surface area (Å²) in [6.45, 7) is 11.2. The second kappa shape index (κ2) is 36.8. The van der Waals surface area contributed by atoms with Gasteiger partial charge in [0.25, 0.3) is 0 Å². The summed E-state index contributed by atoms with van der Waals surface area (Å²) in [6.07, 6.45) is 7.24. The highest BCUT2D eigenvalue weighted by Crippen LogP contribution is 2.35. The van der Waals surface area contributed by atoms with E-state index in [0.717, 1.165) is 140 Å². The smallest absolute Gasteiger partial charge is 0.226 e. The van der Waals surface area contributed by atoms with E-state index >= 15 is 0 Å². The number of methoxy groups -OCH3 is 5. The van der Waals surface area contributed by atoms with Crippen molar-refractivity contribution in [1.82, 2.24) is 19.9 Å². The van der Waals surface area contributed by atoms with E-state index in [4.69, 9.17) is 67.3 Å². The number of nitrogens with zero attached hydrogens (tertiary/aromatic N) is 7. The monoisotopic (exact) mass is 1520 g/mol. The second-order valence-corrected chi connectivity index (χ2v) is 27.4. The zero-order chi connectivity index (χ0) is 68.8. The first kappa shape index (κ1) is 73.6.